The van der Waals surface area contributed by atoms with Crippen molar-refractivity contribution in [2.45, 2.75) is 38.7 Å². The number of hydrogen-bond acceptors (Lipinski definition) is 3. The fourth-order valence-corrected chi connectivity index (χ4v) is 2.27. The molecule has 1 heterocycles. The average Bonchev–Trinajstić information content (AvgIpc) is 2.28. The number of fused-ring (bicyclic) bond motifs is 1. The van der Waals surface area contributed by atoms with Gasteiger partial charge in [-0.25, -0.2) is 0 Å². The summed E-state index contributed by atoms with van der Waals surface area (Å²) in [7, 11) is 0. The summed E-state index contributed by atoms with van der Waals surface area (Å²) in [5.74, 6) is -0.644. The molecule has 0 aliphatic carbocycles. The van der Waals surface area contributed by atoms with Gasteiger partial charge in [-0.15, -0.1) is 0 Å². The highest BCUT2D eigenvalue weighted by molar-refractivity contribution is 5.95. The van der Waals surface area contributed by atoms with Crippen molar-refractivity contribution in [3.63, 3.8) is 0 Å². The number of benzene rings is 1. The summed E-state index contributed by atoms with van der Waals surface area (Å²) in [6.45, 7) is 3.85. The van der Waals surface area contributed by atoms with Gasteiger partial charge in [0.05, 0.1) is 12.5 Å². The van der Waals surface area contributed by atoms with Crippen LogP contribution in [0.15, 0.2) is 18.2 Å². The van der Waals surface area contributed by atoms with Crippen LogP contribution in [0.2, 0.25) is 0 Å². The average molecular weight is 263 g/mol. The first-order valence-corrected chi connectivity index (χ1v) is 6.28. The van der Waals surface area contributed by atoms with Crippen LogP contribution in [0.4, 0.5) is 5.69 Å². The summed E-state index contributed by atoms with van der Waals surface area (Å²) in [4.78, 5) is 22.4. The normalized spacial score (nSPS) is 17.8. The molecule has 1 amide bonds. The summed E-state index contributed by atoms with van der Waals surface area (Å²) < 4.78 is 5.60. The Kier molecular flexibility index (Phi) is 3.74. The Hall–Kier alpha value is -2.04. The highest BCUT2D eigenvalue weighted by atomic mass is 16.5. The number of aliphatic carboxylic acids is 1. The second-order valence-corrected chi connectivity index (χ2v) is 4.96. The number of carbonyl (C=O) groups excluding carboxylic acids is 1. The molecule has 1 aromatic rings. The number of rotatable bonds is 4. The number of carboxylic acids is 1. The van der Waals surface area contributed by atoms with Crippen LogP contribution < -0.4 is 10.1 Å². The lowest BCUT2D eigenvalue weighted by molar-refractivity contribution is -0.137. The molecule has 0 saturated carbocycles. The molecule has 0 saturated heterocycles. The summed E-state index contributed by atoms with van der Waals surface area (Å²) in [5, 5.41) is 11.7. The van der Waals surface area contributed by atoms with Gasteiger partial charge in [-0.1, -0.05) is 0 Å². The van der Waals surface area contributed by atoms with Crippen LogP contribution in [0.5, 0.6) is 5.75 Å². The van der Waals surface area contributed by atoms with Gasteiger partial charge in [-0.3, -0.25) is 9.59 Å². The Balaban J connectivity index is 2.32. The Morgan fingerprint density at radius 1 is 1.53 bits per heavy atom. The van der Waals surface area contributed by atoms with Gasteiger partial charge in [0.2, 0.25) is 5.91 Å². The molecule has 1 atom stereocenters. The zero-order valence-electron chi connectivity index (χ0n) is 11.0. The third-order valence-corrected chi connectivity index (χ3v) is 2.96. The molecular weight excluding hydrogens is 246 g/mol. The monoisotopic (exact) mass is 263 g/mol. The first kappa shape index (κ1) is 13.4. The zero-order chi connectivity index (χ0) is 14.0. The zero-order valence-corrected chi connectivity index (χ0v) is 11.0. The van der Waals surface area contributed by atoms with Crippen LogP contribution in [0.25, 0.3) is 0 Å². The number of nitrogens with one attached hydrogen (secondary N) is 1. The minimum atomic E-state index is -0.902. The lowest BCUT2D eigenvalue weighted by Crippen LogP contribution is -2.24. The molecule has 1 unspecified atom stereocenters. The molecule has 0 spiro atoms. The van der Waals surface area contributed by atoms with Crippen LogP contribution in [0, 0.1) is 0 Å². The molecule has 1 aromatic carbocycles. The predicted octanol–water partition coefficient (Wildman–Crippen LogP) is 2.37. The summed E-state index contributed by atoms with van der Waals surface area (Å²) in [6.07, 6.45) is 0.199. The Labute approximate surface area is 111 Å². The maximum absolute atomic E-state index is 11.5. The van der Waals surface area contributed by atoms with Crippen molar-refractivity contribution < 1.29 is 19.4 Å². The van der Waals surface area contributed by atoms with Gasteiger partial charge in [0.25, 0.3) is 0 Å². The van der Waals surface area contributed by atoms with E-state index >= 15 is 0 Å². The van der Waals surface area contributed by atoms with E-state index in [4.69, 9.17) is 9.84 Å². The number of amides is 1. The van der Waals surface area contributed by atoms with E-state index in [0.717, 1.165) is 5.56 Å². The highest BCUT2D eigenvalue weighted by Gasteiger charge is 2.27. The number of ether oxygens (including phenoxy) is 1. The molecule has 0 aromatic heterocycles. The molecule has 19 heavy (non-hydrogen) atoms. The SMILES string of the molecule is CC(C)Oc1ccc2c(c1)C(CC(=O)O)CC(=O)N2. The first-order valence-electron chi connectivity index (χ1n) is 6.28. The van der Waals surface area contributed by atoms with E-state index in [1.165, 1.54) is 0 Å². The van der Waals surface area contributed by atoms with Gasteiger partial charge in [0.1, 0.15) is 5.75 Å². The van der Waals surface area contributed by atoms with Crippen LogP contribution in [0.1, 0.15) is 38.2 Å². The third kappa shape index (κ3) is 3.24. The molecule has 0 bridgehead atoms. The van der Waals surface area contributed by atoms with Crippen molar-refractivity contribution in [2.24, 2.45) is 0 Å². The maximum Gasteiger partial charge on any atom is 0.303 e. The second kappa shape index (κ2) is 5.30. The molecule has 1 aliphatic heterocycles. The van der Waals surface area contributed by atoms with Crippen molar-refractivity contribution in [2.75, 3.05) is 5.32 Å². The molecule has 2 rings (SSSR count). The molecule has 0 fully saturated rings. The Morgan fingerprint density at radius 3 is 2.89 bits per heavy atom. The topological polar surface area (TPSA) is 75.6 Å². The lowest BCUT2D eigenvalue weighted by atomic mass is 9.88. The number of hydrogen-bond donors (Lipinski definition) is 2. The summed E-state index contributed by atoms with van der Waals surface area (Å²) in [6, 6.07) is 5.36. The van der Waals surface area contributed by atoms with Gasteiger partial charge < -0.3 is 15.2 Å². The predicted molar refractivity (Wildman–Crippen MR) is 70.4 cm³/mol. The quantitative estimate of drug-likeness (QED) is 0.874. The molecule has 5 nitrogen and oxygen atoms in total. The van der Waals surface area contributed by atoms with E-state index < -0.39 is 5.97 Å². The Bertz CT molecular complexity index is 510. The number of carbonyl (C=O) groups is 2. The smallest absolute Gasteiger partial charge is 0.303 e. The fourth-order valence-electron chi connectivity index (χ4n) is 2.27. The van der Waals surface area contributed by atoms with Crippen molar-refractivity contribution in [1.82, 2.24) is 0 Å². The van der Waals surface area contributed by atoms with Crippen molar-refractivity contribution in [3.8, 4) is 5.75 Å². The van der Waals surface area contributed by atoms with Crippen LogP contribution in [0.3, 0.4) is 0 Å². The van der Waals surface area contributed by atoms with Crippen LogP contribution in [-0.4, -0.2) is 23.1 Å². The molecule has 1 aliphatic rings. The lowest BCUT2D eigenvalue weighted by Gasteiger charge is -2.25. The molecular formula is C14H17NO4. The van der Waals surface area contributed by atoms with Gasteiger partial charge in [0.15, 0.2) is 0 Å². The standard InChI is InChI=1S/C14H17NO4/c1-8(2)19-10-3-4-12-11(7-10)9(6-14(17)18)5-13(16)15-12/h3-4,7-9H,5-6H2,1-2H3,(H,15,16)(H,17,18). The molecule has 0 radical (unpaired) electrons. The van der Waals surface area contributed by atoms with E-state index in [2.05, 4.69) is 5.32 Å². The first-order chi connectivity index (χ1) is 8.95. The number of carboxylic acid groups (broad SMARTS) is 1. The van der Waals surface area contributed by atoms with Crippen molar-refractivity contribution in [1.29, 1.82) is 0 Å². The van der Waals surface area contributed by atoms with Crippen LogP contribution in [-0.2, 0) is 9.59 Å². The van der Waals surface area contributed by atoms with Crippen LogP contribution >= 0.6 is 0 Å². The molecule has 5 heteroatoms. The van der Waals surface area contributed by atoms with E-state index in [1.807, 2.05) is 19.9 Å². The van der Waals surface area contributed by atoms with E-state index in [9.17, 15) is 9.59 Å². The minimum Gasteiger partial charge on any atom is -0.491 e. The molecule has 102 valence electrons. The van der Waals surface area contributed by atoms with Crippen molar-refractivity contribution in [3.05, 3.63) is 23.8 Å². The maximum atomic E-state index is 11.5. The summed E-state index contributed by atoms with van der Waals surface area (Å²) >= 11 is 0. The Morgan fingerprint density at radius 2 is 2.26 bits per heavy atom. The van der Waals surface area contributed by atoms with Gasteiger partial charge in [-0.2, -0.15) is 0 Å². The fraction of sp³-hybridized carbons (Fsp3) is 0.429. The summed E-state index contributed by atoms with van der Waals surface area (Å²) in [5.41, 5.74) is 1.51. The third-order valence-electron chi connectivity index (χ3n) is 2.96. The van der Waals surface area contributed by atoms with E-state index in [-0.39, 0.29) is 30.8 Å². The van der Waals surface area contributed by atoms with Gasteiger partial charge >= 0.3 is 5.97 Å². The minimum absolute atomic E-state index is 0.0500. The second-order valence-electron chi connectivity index (χ2n) is 4.96. The largest absolute Gasteiger partial charge is 0.491 e. The van der Waals surface area contributed by atoms with E-state index in [1.54, 1.807) is 12.1 Å². The highest BCUT2D eigenvalue weighted by Crippen LogP contribution is 2.36. The van der Waals surface area contributed by atoms with Gasteiger partial charge in [0, 0.05) is 18.0 Å². The van der Waals surface area contributed by atoms with E-state index in [0.29, 0.717) is 11.4 Å². The van der Waals surface area contributed by atoms with Crippen molar-refractivity contribution >= 4 is 17.6 Å². The van der Waals surface area contributed by atoms with Gasteiger partial charge in [-0.05, 0) is 37.6 Å². The molecule has 2 N–H and O–H groups in total. The number of anilines is 1.